The lowest BCUT2D eigenvalue weighted by Gasteiger charge is -2.15. The molecule has 0 aliphatic carbocycles. The smallest absolute Gasteiger partial charge is 0.247 e. The van der Waals surface area contributed by atoms with Crippen molar-refractivity contribution < 1.29 is 4.79 Å². The number of hydrogen-bond donors (Lipinski definition) is 0. The van der Waals surface area contributed by atoms with Crippen LogP contribution in [0.3, 0.4) is 0 Å². The molecule has 1 aliphatic heterocycles. The van der Waals surface area contributed by atoms with Gasteiger partial charge in [0.25, 0.3) is 0 Å². The normalized spacial score (nSPS) is 18.1. The van der Waals surface area contributed by atoms with Gasteiger partial charge in [-0.2, -0.15) is 5.10 Å². The number of hydrogen-bond acceptors (Lipinski definition) is 4. The Morgan fingerprint density at radius 2 is 1.59 bits per heavy atom. The van der Waals surface area contributed by atoms with Gasteiger partial charge in [0.1, 0.15) is 0 Å². The molecule has 4 rings (SSSR count). The first-order valence-electron chi connectivity index (χ1n) is 9.17. The molecular formula is C23H18ClN3OS. The number of anilines is 1. The molecule has 0 N–H and O–H groups in total. The average molecular weight is 420 g/mol. The second-order valence-electron chi connectivity index (χ2n) is 6.45. The summed E-state index contributed by atoms with van der Waals surface area (Å²) in [5, 5.41) is 9.48. The van der Waals surface area contributed by atoms with Gasteiger partial charge in [-0.25, -0.2) is 0 Å². The highest BCUT2D eigenvalue weighted by atomic mass is 35.5. The largest absolute Gasteiger partial charge is 0.273 e. The van der Waals surface area contributed by atoms with Crippen molar-refractivity contribution in [3.63, 3.8) is 0 Å². The van der Waals surface area contributed by atoms with Gasteiger partial charge < -0.3 is 0 Å². The first kappa shape index (κ1) is 19.4. The molecule has 29 heavy (non-hydrogen) atoms. The molecule has 0 bridgehead atoms. The summed E-state index contributed by atoms with van der Waals surface area (Å²) in [6.07, 6.45) is 2.25. The van der Waals surface area contributed by atoms with E-state index in [1.807, 2.05) is 78.9 Å². The first-order valence-corrected chi connectivity index (χ1v) is 10.4. The molecule has 1 heterocycles. The summed E-state index contributed by atoms with van der Waals surface area (Å²) in [5.74, 6) is 0.0109. The Balaban J connectivity index is 1.62. The van der Waals surface area contributed by atoms with Crippen LogP contribution in [0, 0.1) is 0 Å². The molecule has 0 unspecified atom stereocenters. The number of carbonyl (C=O) groups excluding carboxylic acids is 1. The van der Waals surface area contributed by atoms with E-state index < -0.39 is 0 Å². The average Bonchev–Trinajstić information content (AvgIpc) is 3.06. The fourth-order valence-corrected chi connectivity index (χ4v) is 4.35. The minimum Gasteiger partial charge on any atom is -0.273 e. The SMILES string of the molecule is O=C1[C@@H](Cc2ccccc2)S/C(=N/N=C\c2ccccc2Cl)N1c1ccccc1. The molecule has 1 aliphatic rings. The van der Waals surface area contributed by atoms with Gasteiger partial charge >= 0.3 is 0 Å². The van der Waals surface area contributed by atoms with Crippen molar-refractivity contribution in [1.82, 2.24) is 0 Å². The van der Waals surface area contributed by atoms with Gasteiger partial charge in [-0.3, -0.25) is 9.69 Å². The number of benzene rings is 3. The number of amidine groups is 1. The predicted molar refractivity (Wildman–Crippen MR) is 122 cm³/mol. The zero-order valence-corrected chi connectivity index (χ0v) is 17.1. The molecule has 3 aromatic rings. The maximum atomic E-state index is 13.2. The summed E-state index contributed by atoms with van der Waals surface area (Å²) in [5.41, 5.74) is 2.68. The predicted octanol–water partition coefficient (Wildman–Crippen LogP) is 5.42. The van der Waals surface area contributed by atoms with Gasteiger partial charge in [-0.1, -0.05) is 90.1 Å². The lowest BCUT2D eigenvalue weighted by Crippen LogP contribution is -2.32. The molecule has 1 atom stereocenters. The standard InChI is InChI=1S/C23H18ClN3OS/c24-20-14-8-7-11-18(20)16-25-26-23-27(19-12-5-2-6-13-19)22(28)21(29-23)15-17-9-3-1-4-10-17/h1-14,16,21H,15H2/b25-16-,26-23+/t21-/m1/s1. The van der Waals surface area contributed by atoms with Crippen LogP contribution in [0.2, 0.25) is 5.02 Å². The Morgan fingerprint density at radius 1 is 0.931 bits per heavy atom. The van der Waals surface area contributed by atoms with Crippen molar-refractivity contribution in [1.29, 1.82) is 0 Å². The molecule has 1 amide bonds. The molecule has 0 radical (unpaired) electrons. The Hall–Kier alpha value is -2.89. The van der Waals surface area contributed by atoms with Crippen molar-refractivity contribution in [3.05, 3.63) is 101 Å². The van der Waals surface area contributed by atoms with E-state index in [1.165, 1.54) is 11.8 Å². The van der Waals surface area contributed by atoms with Crippen molar-refractivity contribution in [3.8, 4) is 0 Å². The summed E-state index contributed by atoms with van der Waals surface area (Å²) in [6, 6.07) is 27.0. The Bertz CT molecular complexity index is 1050. The second kappa shape index (κ2) is 9.07. The summed E-state index contributed by atoms with van der Waals surface area (Å²) < 4.78 is 0. The third-order valence-electron chi connectivity index (χ3n) is 4.46. The van der Waals surface area contributed by atoms with E-state index in [9.17, 15) is 4.79 Å². The monoisotopic (exact) mass is 419 g/mol. The molecule has 0 aromatic heterocycles. The minimum absolute atomic E-state index is 0.0109. The third kappa shape index (κ3) is 4.58. The van der Waals surface area contributed by atoms with Gasteiger partial charge in [-0.05, 0) is 30.2 Å². The molecule has 4 nitrogen and oxygen atoms in total. The lowest BCUT2D eigenvalue weighted by molar-refractivity contribution is -0.116. The van der Waals surface area contributed by atoms with E-state index in [1.54, 1.807) is 17.2 Å². The Morgan fingerprint density at radius 3 is 2.31 bits per heavy atom. The zero-order valence-electron chi connectivity index (χ0n) is 15.5. The molecule has 1 saturated heterocycles. The molecule has 0 spiro atoms. The Kier molecular flexibility index (Phi) is 6.08. The summed E-state index contributed by atoms with van der Waals surface area (Å²) >= 11 is 7.61. The van der Waals surface area contributed by atoms with Gasteiger partial charge in [0, 0.05) is 10.6 Å². The number of halogens is 1. The summed E-state index contributed by atoms with van der Waals surface area (Å²) in [6.45, 7) is 0. The molecule has 144 valence electrons. The van der Waals surface area contributed by atoms with E-state index in [2.05, 4.69) is 10.2 Å². The number of carbonyl (C=O) groups is 1. The summed E-state index contributed by atoms with van der Waals surface area (Å²) in [7, 11) is 0. The molecule has 1 fully saturated rings. The molecular weight excluding hydrogens is 402 g/mol. The van der Waals surface area contributed by atoms with Crippen LogP contribution in [-0.2, 0) is 11.2 Å². The fraction of sp³-hybridized carbons (Fsp3) is 0.0870. The highest BCUT2D eigenvalue weighted by molar-refractivity contribution is 8.16. The number of thioether (sulfide) groups is 1. The van der Waals surface area contributed by atoms with Crippen LogP contribution in [0.25, 0.3) is 0 Å². The van der Waals surface area contributed by atoms with Gasteiger partial charge in [0.15, 0.2) is 5.17 Å². The number of rotatable bonds is 5. The highest BCUT2D eigenvalue weighted by Gasteiger charge is 2.39. The summed E-state index contributed by atoms with van der Waals surface area (Å²) in [4.78, 5) is 14.8. The van der Waals surface area contributed by atoms with E-state index in [4.69, 9.17) is 11.6 Å². The van der Waals surface area contributed by atoms with Crippen LogP contribution < -0.4 is 4.90 Å². The van der Waals surface area contributed by atoms with E-state index >= 15 is 0 Å². The zero-order chi connectivity index (χ0) is 20.1. The van der Waals surface area contributed by atoms with Gasteiger partial charge in [0.2, 0.25) is 5.91 Å². The molecule has 6 heteroatoms. The lowest BCUT2D eigenvalue weighted by atomic mass is 10.1. The quantitative estimate of drug-likeness (QED) is 0.409. The highest BCUT2D eigenvalue weighted by Crippen LogP contribution is 2.33. The van der Waals surface area contributed by atoms with Crippen LogP contribution in [0.5, 0.6) is 0 Å². The number of nitrogens with zero attached hydrogens (tertiary/aromatic N) is 3. The van der Waals surface area contributed by atoms with Crippen LogP contribution >= 0.6 is 23.4 Å². The van der Waals surface area contributed by atoms with Crippen molar-refractivity contribution in [2.45, 2.75) is 11.7 Å². The molecule has 3 aromatic carbocycles. The van der Waals surface area contributed by atoms with Crippen molar-refractivity contribution in [2.24, 2.45) is 10.2 Å². The van der Waals surface area contributed by atoms with Crippen LogP contribution in [0.1, 0.15) is 11.1 Å². The van der Waals surface area contributed by atoms with Crippen molar-refractivity contribution in [2.75, 3.05) is 4.90 Å². The van der Waals surface area contributed by atoms with E-state index in [0.717, 1.165) is 16.8 Å². The topological polar surface area (TPSA) is 45.0 Å². The van der Waals surface area contributed by atoms with Crippen LogP contribution in [0.15, 0.2) is 95.1 Å². The molecule has 0 saturated carbocycles. The van der Waals surface area contributed by atoms with Gasteiger partial charge in [0.05, 0.1) is 17.2 Å². The van der Waals surface area contributed by atoms with E-state index in [0.29, 0.717) is 16.6 Å². The maximum Gasteiger partial charge on any atom is 0.247 e. The number of amides is 1. The van der Waals surface area contributed by atoms with Gasteiger partial charge in [-0.15, -0.1) is 5.10 Å². The van der Waals surface area contributed by atoms with Crippen LogP contribution in [0.4, 0.5) is 5.69 Å². The van der Waals surface area contributed by atoms with Crippen LogP contribution in [-0.4, -0.2) is 22.5 Å². The first-order chi connectivity index (χ1) is 14.2. The van der Waals surface area contributed by atoms with E-state index in [-0.39, 0.29) is 11.2 Å². The second-order valence-corrected chi connectivity index (χ2v) is 8.03. The fourth-order valence-electron chi connectivity index (χ4n) is 3.03. The minimum atomic E-state index is -0.244. The number of para-hydroxylation sites is 1. The third-order valence-corrected chi connectivity index (χ3v) is 5.93. The maximum absolute atomic E-state index is 13.2. The van der Waals surface area contributed by atoms with Crippen molar-refractivity contribution >= 4 is 46.3 Å². The Labute approximate surface area is 178 Å².